The highest BCUT2D eigenvalue weighted by Crippen LogP contribution is 2.25. The van der Waals surface area contributed by atoms with Gasteiger partial charge in [0.1, 0.15) is 5.82 Å². The number of rotatable bonds is 3. The molecule has 0 bridgehead atoms. The van der Waals surface area contributed by atoms with Crippen LogP contribution in [-0.4, -0.2) is 38.0 Å². The third-order valence-corrected chi connectivity index (χ3v) is 5.32. The summed E-state index contributed by atoms with van der Waals surface area (Å²) in [4.78, 5) is 0.0623. The van der Waals surface area contributed by atoms with Crippen LogP contribution in [0.25, 0.3) is 0 Å². The van der Waals surface area contributed by atoms with Crippen molar-refractivity contribution in [1.29, 1.82) is 0 Å². The summed E-state index contributed by atoms with van der Waals surface area (Å²) < 4.78 is 45.4. The second-order valence-corrected chi connectivity index (χ2v) is 7.54. The Balaban J connectivity index is 2.35. The van der Waals surface area contributed by atoms with E-state index in [0.29, 0.717) is 13.2 Å². The fourth-order valence-corrected chi connectivity index (χ4v) is 3.97. The summed E-state index contributed by atoms with van der Waals surface area (Å²) in [5.41, 5.74) is -0.346. The highest BCUT2D eigenvalue weighted by Gasteiger charge is 2.35. The number of sulfonamides is 1. The number of morpholine rings is 1. The van der Waals surface area contributed by atoms with Crippen LogP contribution in [0.4, 0.5) is 4.39 Å². The average Bonchev–Trinajstić information content (AvgIpc) is 2.37. The van der Waals surface area contributed by atoms with Crippen LogP contribution in [0.15, 0.2) is 23.1 Å². The van der Waals surface area contributed by atoms with Crippen molar-refractivity contribution in [1.82, 2.24) is 4.31 Å². The van der Waals surface area contributed by atoms with Gasteiger partial charge >= 0.3 is 0 Å². The third kappa shape index (κ3) is 3.14. The normalized spacial score (nSPS) is 20.0. The standard InChI is InChI=1S/C13H17ClFNO3S/c1-13(2)9-16(5-6-19-13)20(17,18)11-3-4-12(15)10(7-11)8-14/h3-4,7H,5-6,8-9H2,1-2H3. The van der Waals surface area contributed by atoms with Crippen LogP contribution in [0.2, 0.25) is 0 Å². The lowest BCUT2D eigenvalue weighted by molar-refractivity contribution is -0.0640. The van der Waals surface area contributed by atoms with Gasteiger partial charge in [-0.3, -0.25) is 0 Å². The molecule has 0 aliphatic carbocycles. The van der Waals surface area contributed by atoms with E-state index < -0.39 is 21.4 Å². The van der Waals surface area contributed by atoms with Crippen molar-refractivity contribution in [2.75, 3.05) is 19.7 Å². The van der Waals surface area contributed by atoms with Crippen molar-refractivity contribution < 1.29 is 17.5 Å². The number of benzene rings is 1. The number of halogens is 2. The van der Waals surface area contributed by atoms with Gasteiger partial charge in [-0.25, -0.2) is 12.8 Å². The van der Waals surface area contributed by atoms with Gasteiger partial charge in [-0.2, -0.15) is 4.31 Å². The largest absolute Gasteiger partial charge is 0.373 e. The molecule has 1 fully saturated rings. The lowest BCUT2D eigenvalue weighted by Gasteiger charge is -2.37. The summed E-state index contributed by atoms with van der Waals surface area (Å²) >= 11 is 5.62. The van der Waals surface area contributed by atoms with E-state index in [1.54, 1.807) is 0 Å². The summed E-state index contributed by atoms with van der Waals surface area (Å²) in [6, 6.07) is 3.69. The Bertz CT molecular complexity index is 604. The fraction of sp³-hybridized carbons (Fsp3) is 0.538. The molecule has 1 saturated heterocycles. The zero-order valence-corrected chi connectivity index (χ0v) is 13.0. The van der Waals surface area contributed by atoms with Crippen molar-refractivity contribution in [3.8, 4) is 0 Å². The van der Waals surface area contributed by atoms with Crippen molar-refractivity contribution >= 4 is 21.6 Å². The van der Waals surface area contributed by atoms with E-state index in [-0.39, 0.29) is 22.9 Å². The Kier molecular flexibility index (Phi) is 4.39. The van der Waals surface area contributed by atoms with Gasteiger partial charge in [-0.15, -0.1) is 11.6 Å². The van der Waals surface area contributed by atoms with Gasteiger partial charge in [-0.05, 0) is 32.0 Å². The lowest BCUT2D eigenvalue weighted by atomic mass is 10.1. The van der Waals surface area contributed by atoms with Crippen LogP contribution in [-0.2, 0) is 20.6 Å². The van der Waals surface area contributed by atoms with Gasteiger partial charge in [-0.1, -0.05) is 0 Å². The number of hydrogen-bond donors (Lipinski definition) is 0. The molecule has 1 aromatic rings. The Morgan fingerprint density at radius 1 is 1.45 bits per heavy atom. The van der Waals surface area contributed by atoms with Crippen LogP contribution in [0, 0.1) is 5.82 Å². The summed E-state index contributed by atoms with van der Waals surface area (Å²) in [7, 11) is -3.65. The Labute approximate surface area is 123 Å². The summed E-state index contributed by atoms with van der Waals surface area (Å²) in [6.45, 7) is 4.57. The van der Waals surface area contributed by atoms with Gasteiger partial charge in [0.2, 0.25) is 10.0 Å². The molecule has 1 heterocycles. The number of ether oxygens (including phenoxy) is 1. The smallest absolute Gasteiger partial charge is 0.243 e. The minimum Gasteiger partial charge on any atom is -0.373 e. The molecule has 1 aliphatic heterocycles. The molecule has 1 aliphatic rings. The molecular formula is C13H17ClFNO3S. The van der Waals surface area contributed by atoms with Crippen molar-refractivity contribution in [2.24, 2.45) is 0 Å². The molecule has 0 amide bonds. The van der Waals surface area contributed by atoms with Gasteiger partial charge in [0.15, 0.2) is 0 Å². The van der Waals surface area contributed by atoms with Crippen LogP contribution < -0.4 is 0 Å². The molecule has 0 aromatic heterocycles. The highest BCUT2D eigenvalue weighted by molar-refractivity contribution is 7.89. The van der Waals surface area contributed by atoms with E-state index in [2.05, 4.69) is 0 Å². The number of hydrogen-bond acceptors (Lipinski definition) is 3. The first-order chi connectivity index (χ1) is 9.26. The monoisotopic (exact) mass is 321 g/mol. The van der Waals surface area contributed by atoms with Crippen molar-refractivity contribution in [2.45, 2.75) is 30.2 Å². The molecule has 0 atom stereocenters. The van der Waals surface area contributed by atoms with E-state index in [1.165, 1.54) is 16.4 Å². The number of nitrogens with zero attached hydrogens (tertiary/aromatic N) is 1. The highest BCUT2D eigenvalue weighted by atomic mass is 35.5. The van der Waals surface area contributed by atoms with Gasteiger partial charge in [0, 0.05) is 18.7 Å². The molecule has 1 aromatic carbocycles. The minimum absolute atomic E-state index is 0.0623. The summed E-state index contributed by atoms with van der Waals surface area (Å²) in [5.74, 6) is -0.565. The second kappa shape index (κ2) is 5.60. The van der Waals surface area contributed by atoms with E-state index in [0.717, 1.165) is 6.07 Å². The molecule has 0 spiro atoms. The van der Waals surface area contributed by atoms with Crippen LogP contribution in [0.1, 0.15) is 19.4 Å². The molecule has 0 radical (unpaired) electrons. The zero-order valence-electron chi connectivity index (χ0n) is 11.4. The van der Waals surface area contributed by atoms with Crippen molar-refractivity contribution in [3.05, 3.63) is 29.6 Å². The first-order valence-corrected chi connectivity index (χ1v) is 8.22. The predicted octanol–water partition coefficient (Wildman–Crippen LogP) is 2.36. The van der Waals surface area contributed by atoms with Crippen LogP contribution in [0.5, 0.6) is 0 Å². The SMILES string of the molecule is CC1(C)CN(S(=O)(=O)c2ccc(F)c(CCl)c2)CCO1. The topological polar surface area (TPSA) is 46.6 Å². The van der Waals surface area contributed by atoms with E-state index in [4.69, 9.17) is 16.3 Å². The third-order valence-electron chi connectivity index (χ3n) is 3.19. The van der Waals surface area contributed by atoms with E-state index in [1.807, 2.05) is 13.8 Å². The zero-order chi connectivity index (χ0) is 15.0. The van der Waals surface area contributed by atoms with Crippen molar-refractivity contribution in [3.63, 3.8) is 0 Å². The average molecular weight is 322 g/mol. The van der Waals surface area contributed by atoms with E-state index >= 15 is 0 Å². The predicted molar refractivity (Wildman–Crippen MR) is 74.7 cm³/mol. The maximum atomic E-state index is 13.4. The molecule has 2 rings (SSSR count). The first-order valence-electron chi connectivity index (χ1n) is 6.25. The Morgan fingerprint density at radius 2 is 2.15 bits per heavy atom. The molecule has 4 nitrogen and oxygen atoms in total. The van der Waals surface area contributed by atoms with Gasteiger partial charge in [0.05, 0.1) is 23.0 Å². The summed E-state index contributed by atoms with van der Waals surface area (Å²) in [6.07, 6.45) is 0. The second-order valence-electron chi connectivity index (χ2n) is 5.33. The van der Waals surface area contributed by atoms with E-state index in [9.17, 15) is 12.8 Å². The molecule has 0 saturated carbocycles. The molecular weight excluding hydrogens is 305 g/mol. The molecule has 20 heavy (non-hydrogen) atoms. The quantitative estimate of drug-likeness (QED) is 0.803. The van der Waals surface area contributed by atoms with Gasteiger partial charge in [0.25, 0.3) is 0 Å². The Morgan fingerprint density at radius 3 is 2.75 bits per heavy atom. The Hall–Kier alpha value is -0.690. The first kappa shape index (κ1) is 15.7. The minimum atomic E-state index is -3.65. The maximum Gasteiger partial charge on any atom is 0.243 e. The maximum absolute atomic E-state index is 13.4. The molecule has 7 heteroatoms. The fourth-order valence-electron chi connectivity index (χ4n) is 2.14. The summed E-state index contributed by atoms with van der Waals surface area (Å²) in [5, 5.41) is 0. The van der Waals surface area contributed by atoms with Crippen LogP contribution >= 0.6 is 11.6 Å². The lowest BCUT2D eigenvalue weighted by Crippen LogP contribution is -2.50. The molecule has 112 valence electrons. The number of alkyl halides is 1. The molecule has 0 unspecified atom stereocenters. The molecule has 0 N–H and O–H groups in total. The van der Waals surface area contributed by atoms with Gasteiger partial charge < -0.3 is 4.74 Å². The van der Waals surface area contributed by atoms with Crippen LogP contribution in [0.3, 0.4) is 0 Å².